The van der Waals surface area contributed by atoms with Crippen LogP contribution >= 0.6 is 21.6 Å². The molecule has 0 aliphatic heterocycles. The van der Waals surface area contributed by atoms with E-state index in [1.807, 2.05) is 21.6 Å². The highest BCUT2D eigenvalue weighted by molar-refractivity contribution is 8.76. The van der Waals surface area contributed by atoms with Crippen molar-refractivity contribution < 1.29 is 42.9 Å². The van der Waals surface area contributed by atoms with Gasteiger partial charge in [-0.2, -0.15) is 13.2 Å². The number of halogens is 3. The molecule has 2 aliphatic rings. The molecule has 2 atom stereocenters. The average molecular weight is 575 g/mol. The summed E-state index contributed by atoms with van der Waals surface area (Å²) in [4.78, 5) is 30.6. The lowest BCUT2D eigenvalue weighted by atomic mass is 9.78. The number of carboxylic acid groups (broad SMARTS) is 3. The first-order chi connectivity index (χ1) is 17.3. The summed E-state index contributed by atoms with van der Waals surface area (Å²) in [7, 11) is 3.65. The van der Waals surface area contributed by atoms with Crippen LogP contribution in [0.5, 0.6) is 0 Å². The summed E-state index contributed by atoms with van der Waals surface area (Å²) >= 11 is 0. The lowest BCUT2D eigenvalue weighted by Gasteiger charge is -2.29. The second-order valence-electron chi connectivity index (χ2n) is 10.3. The molecule has 0 heterocycles. The van der Waals surface area contributed by atoms with Gasteiger partial charge in [-0.05, 0) is 62.2 Å². The predicted octanol–water partition coefficient (Wildman–Crippen LogP) is 5.00. The quantitative estimate of drug-likeness (QED) is 0.149. The molecule has 0 spiro atoms. The standard InChI is InChI=1S/C22H40N2O4S2.C2HF3O2/c23-19(9-15-1-5-17(6-2-15)11-21(25)26)13-29-30-14-20(24)10-16-3-7-18(8-4-16)12-22(27)28;3-2(4,5)1(6)7/h15-20H,1-14,23-24H2,(H,25,26)(H,27,28);(H,6,7). The highest BCUT2D eigenvalue weighted by Gasteiger charge is 2.38. The van der Waals surface area contributed by atoms with E-state index in [0.29, 0.717) is 36.5 Å². The number of carboxylic acids is 3. The van der Waals surface area contributed by atoms with Crippen molar-refractivity contribution in [2.24, 2.45) is 35.1 Å². The van der Waals surface area contributed by atoms with Gasteiger partial charge < -0.3 is 26.8 Å². The topological polar surface area (TPSA) is 164 Å². The molecule has 13 heteroatoms. The molecular weight excluding hydrogens is 533 g/mol. The van der Waals surface area contributed by atoms with Crippen LogP contribution in [0, 0.1) is 23.7 Å². The van der Waals surface area contributed by atoms with Gasteiger partial charge in [-0.3, -0.25) is 9.59 Å². The summed E-state index contributed by atoms with van der Waals surface area (Å²) in [5.74, 6) is -0.224. The normalized spacial score (nSPS) is 25.9. The summed E-state index contributed by atoms with van der Waals surface area (Å²) < 4.78 is 31.7. The van der Waals surface area contributed by atoms with Gasteiger partial charge in [0.2, 0.25) is 0 Å². The van der Waals surface area contributed by atoms with Crippen molar-refractivity contribution in [3.63, 3.8) is 0 Å². The van der Waals surface area contributed by atoms with Crippen molar-refractivity contribution in [2.45, 2.75) is 95.3 Å². The second-order valence-corrected chi connectivity index (χ2v) is 12.9. The Hall–Kier alpha value is -1.18. The summed E-state index contributed by atoms with van der Waals surface area (Å²) in [5.41, 5.74) is 12.7. The summed E-state index contributed by atoms with van der Waals surface area (Å²) in [6.07, 6.45) is 6.19. The van der Waals surface area contributed by atoms with Crippen molar-refractivity contribution in [3.8, 4) is 0 Å². The van der Waals surface area contributed by atoms with Gasteiger partial charge in [-0.1, -0.05) is 47.3 Å². The molecule has 0 aromatic carbocycles. The molecule has 2 aliphatic carbocycles. The molecule has 0 aromatic heterocycles. The lowest BCUT2D eigenvalue weighted by molar-refractivity contribution is -0.192. The van der Waals surface area contributed by atoms with Gasteiger partial charge in [0.1, 0.15) is 0 Å². The number of nitrogens with two attached hydrogens (primary N) is 2. The van der Waals surface area contributed by atoms with Crippen molar-refractivity contribution in [3.05, 3.63) is 0 Å². The third kappa shape index (κ3) is 16.4. The first kappa shape index (κ1) is 33.8. The van der Waals surface area contributed by atoms with E-state index in [2.05, 4.69) is 0 Å². The maximum absolute atomic E-state index is 10.8. The minimum Gasteiger partial charge on any atom is -0.481 e. The van der Waals surface area contributed by atoms with Crippen molar-refractivity contribution in [2.75, 3.05) is 11.5 Å². The largest absolute Gasteiger partial charge is 0.490 e. The van der Waals surface area contributed by atoms with Gasteiger partial charge in [-0.25, -0.2) is 4.79 Å². The molecule has 0 bridgehead atoms. The smallest absolute Gasteiger partial charge is 0.481 e. The number of alkyl halides is 3. The van der Waals surface area contributed by atoms with E-state index in [4.69, 9.17) is 31.6 Å². The molecule has 0 aromatic rings. The zero-order valence-corrected chi connectivity index (χ0v) is 22.7. The van der Waals surface area contributed by atoms with Gasteiger partial charge in [0, 0.05) is 36.4 Å². The molecular formula is C24H41F3N2O6S2. The van der Waals surface area contributed by atoms with Crippen molar-refractivity contribution >= 4 is 39.5 Å². The minimum absolute atomic E-state index is 0.198. The molecule has 216 valence electrons. The molecule has 0 amide bonds. The minimum atomic E-state index is -5.08. The fraction of sp³-hybridized carbons (Fsp3) is 0.875. The number of carbonyl (C=O) groups is 3. The molecule has 2 fully saturated rings. The molecule has 0 saturated heterocycles. The monoisotopic (exact) mass is 574 g/mol. The van der Waals surface area contributed by atoms with Crippen LogP contribution in [0.25, 0.3) is 0 Å². The van der Waals surface area contributed by atoms with E-state index >= 15 is 0 Å². The van der Waals surface area contributed by atoms with E-state index in [1.165, 1.54) is 0 Å². The van der Waals surface area contributed by atoms with Gasteiger partial charge in [0.05, 0.1) is 0 Å². The Morgan fingerprint density at radius 1 is 0.676 bits per heavy atom. The average Bonchev–Trinajstić information content (AvgIpc) is 2.78. The zero-order chi connectivity index (χ0) is 28.0. The van der Waals surface area contributed by atoms with Crippen LogP contribution in [0.2, 0.25) is 0 Å². The number of aliphatic carboxylic acids is 3. The van der Waals surface area contributed by atoms with Crippen LogP contribution < -0.4 is 11.5 Å². The van der Waals surface area contributed by atoms with Crippen molar-refractivity contribution in [1.29, 1.82) is 0 Å². The summed E-state index contributed by atoms with van der Waals surface area (Å²) in [5, 5.41) is 25.0. The van der Waals surface area contributed by atoms with E-state index in [1.54, 1.807) is 0 Å². The van der Waals surface area contributed by atoms with E-state index in [9.17, 15) is 22.8 Å². The second kappa shape index (κ2) is 17.4. The molecule has 2 rings (SSSR count). The summed E-state index contributed by atoms with van der Waals surface area (Å²) in [6, 6.07) is 0.397. The third-order valence-electron chi connectivity index (χ3n) is 7.02. The van der Waals surface area contributed by atoms with Gasteiger partial charge >= 0.3 is 24.1 Å². The maximum atomic E-state index is 10.8. The third-order valence-corrected chi connectivity index (χ3v) is 9.63. The zero-order valence-electron chi connectivity index (χ0n) is 21.0. The number of hydrogen-bond acceptors (Lipinski definition) is 7. The lowest BCUT2D eigenvalue weighted by Crippen LogP contribution is -2.29. The SMILES string of the molecule is NC(CSSCC(N)CC1CCC(CC(=O)O)CC1)CC1CCC(CC(=O)O)CC1.O=C(O)C(F)(F)F. The predicted molar refractivity (Wildman–Crippen MR) is 139 cm³/mol. The van der Waals surface area contributed by atoms with Crippen molar-refractivity contribution in [1.82, 2.24) is 0 Å². The van der Waals surface area contributed by atoms with E-state index < -0.39 is 24.1 Å². The Morgan fingerprint density at radius 3 is 1.19 bits per heavy atom. The van der Waals surface area contributed by atoms with Crippen LogP contribution in [0.4, 0.5) is 13.2 Å². The Kier molecular flexibility index (Phi) is 15.9. The molecule has 7 N–H and O–H groups in total. The van der Waals surface area contributed by atoms with Gasteiger partial charge in [0.15, 0.2) is 0 Å². The fourth-order valence-electron chi connectivity index (χ4n) is 5.10. The fourth-order valence-corrected chi connectivity index (χ4v) is 7.54. The van der Waals surface area contributed by atoms with Crippen LogP contribution in [-0.4, -0.2) is 63.0 Å². The Morgan fingerprint density at radius 2 is 0.946 bits per heavy atom. The Labute approximate surface area is 224 Å². The van der Waals surface area contributed by atoms with Crippen LogP contribution in [0.1, 0.15) is 77.0 Å². The first-order valence-corrected chi connectivity index (χ1v) is 15.2. The van der Waals surface area contributed by atoms with Gasteiger partial charge in [0.25, 0.3) is 0 Å². The summed E-state index contributed by atoms with van der Waals surface area (Å²) in [6.45, 7) is 0. The van der Waals surface area contributed by atoms with E-state index in [0.717, 1.165) is 75.7 Å². The van der Waals surface area contributed by atoms with Crippen LogP contribution in [0.15, 0.2) is 0 Å². The molecule has 8 nitrogen and oxygen atoms in total. The number of hydrogen-bond donors (Lipinski definition) is 5. The highest BCUT2D eigenvalue weighted by Crippen LogP contribution is 2.35. The Bertz CT molecular complexity index is 654. The highest BCUT2D eigenvalue weighted by atomic mass is 33.1. The first-order valence-electron chi connectivity index (χ1n) is 12.7. The molecule has 2 unspecified atom stereocenters. The maximum Gasteiger partial charge on any atom is 0.490 e. The van der Waals surface area contributed by atoms with Crippen LogP contribution in [-0.2, 0) is 14.4 Å². The number of rotatable bonds is 13. The Balaban J connectivity index is 0.000000856. The van der Waals surface area contributed by atoms with Gasteiger partial charge in [-0.15, -0.1) is 0 Å². The molecule has 37 heavy (non-hydrogen) atoms. The molecule has 2 saturated carbocycles. The molecule has 0 radical (unpaired) electrons. The van der Waals surface area contributed by atoms with E-state index in [-0.39, 0.29) is 12.1 Å². The van der Waals surface area contributed by atoms with Crippen LogP contribution in [0.3, 0.4) is 0 Å².